The summed E-state index contributed by atoms with van der Waals surface area (Å²) >= 11 is 0. The van der Waals surface area contributed by atoms with Crippen molar-refractivity contribution < 1.29 is 29.2 Å². The summed E-state index contributed by atoms with van der Waals surface area (Å²) in [5.74, 6) is -1.39. The van der Waals surface area contributed by atoms with Gasteiger partial charge in [-0.05, 0) is 24.6 Å². The highest BCUT2D eigenvalue weighted by Gasteiger charge is 2.15. The average molecular weight is 366 g/mol. The summed E-state index contributed by atoms with van der Waals surface area (Å²) in [6.07, 6.45) is 0. The Morgan fingerprint density at radius 3 is 2.04 bits per heavy atom. The number of hydrogen-bond donors (Lipinski definition) is 2. The van der Waals surface area contributed by atoms with Crippen LogP contribution in [0.4, 0.5) is 15.8 Å². The van der Waals surface area contributed by atoms with Crippen LogP contribution in [-0.2, 0) is 0 Å². The zero-order valence-electron chi connectivity index (χ0n) is 13.6. The predicted octanol–water partition coefficient (Wildman–Crippen LogP) is 3.69. The quantitative estimate of drug-likeness (QED) is 0.468. The number of phenolic OH excluding ortho intramolecular Hbond substituents is 2. The van der Waals surface area contributed by atoms with Crippen molar-refractivity contribution in [3.05, 3.63) is 74.6 Å². The van der Waals surface area contributed by atoms with Gasteiger partial charge in [0.05, 0.1) is 9.85 Å². The number of nitro groups is 2. The van der Waals surface area contributed by atoms with E-state index in [0.29, 0.717) is 6.07 Å². The highest BCUT2D eigenvalue weighted by molar-refractivity contribution is 5.50. The monoisotopic (exact) mass is 366 g/mol. The molecule has 0 bridgehead atoms. The Bertz CT molecular complexity index is 839. The normalized spacial score (nSPS) is 9.62. The first-order valence-corrected chi connectivity index (χ1v) is 6.99. The molecule has 0 aliphatic rings. The van der Waals surface area contributed by atoms with Gasteiger partial charge >= 0.3 is 11.4 Å². The van der Waals surface area contributed by atoms with Crippen LogP contribution in [0.3, 0.4) is 0 Å². The van der Waals surface area contributed by atoms with Gasteiger partial charge < -0.3 is 14.9 Å². The van der Waals surface area contributed by atoms with E-state index in [1.54, 1.807) is 6.92 Å². The Kier molecular flexibility index (Phi) is 7.02. The third-order valence-electron chi connectivity index (χ3n) is 2.74. The molecule has 26 heavy (non-hydrogen) atoms. The molecule has 0 radical (unpaired) electrons. The zero-order valence-corrected chi connectivity index (χ0v) is 13.6. The summed E-state index contributed by atoms with van der Waals surface area (Å²) in [5.41, 5.74) is -0.0653. The van der Waals surface area contributed by atoms with E-state index in [1.165, 1.54) is 18.2 Å². The third kappa shape index (κ3) is 6.07. The second-order valence-electron chi connectivity index (χ2n) is 5.05. The van der Waals surface area contributed by atoms with Crippen molar-refractivity contribution >= 4 is 11.4 Å². The van der Waals surface area contributed by atoms with Crippen molar-refractivity contribution in [3.8, 4) is 17.2 Å². The number of rotatable bonds is 5. The molecule has 0 aliphatic carbocycles. The summed E-state index contributed by atoms with van der Waals surface area (Å²) in [7, 11) is 0. The van der Waals surface area contributed by atoms with Crippen molar-refractivity contribution in [2.45, 2.75) is 6.92 Å². The van der Waals surface area contributed by atoms with Crippen LogP contribution in [0.25, 0.3) is 0 Å². The highest BCUT2D eigenvalue weighted by atomic mass is 19.1. The number of benzene rings is 2. The third-order valence-corrected chi connectivity index (χ3v) is 2.74. The largest absolute Gasteiger partial charge is 0.508 e. The number of ether oxygens (including phenoxy) is 1. The SMILES string of the molecule is C=C(C)COc1cc(O)ccc1[N+](=O)[O-].O=[N+]([O-])c1ccc(O)cc1F. The number of aromatic hydroxyl groups is 2. The van der Waals surface area contributed by atoms with Gasteiger partial charge in [-0.25, -0.2) is 0 Å². The molecule has 0 saturated carbocycles. The van der Waals surface area contributed by atoms with Crippen LogP contribution < -0.4 is 4.74 Å². The van der Waals surface area contributed by atoms with Crippen LogP contribution >= 0.6 is 0 Å². The Labute approximate surface area is 146 Å². The van der Waals surface area contributed by atoms with E-state index in [9.17, 15) is 24.6 Å². The maximum Gasteiger partial charge on any atom is 0.311 e. The first kappa shape index (κ1) is 20.4. The molecule has 0 atom stereocenters. The Hall–Kier alpha value is -3.69. The number of hydrogen-bond acceptors (Lipinski definition) is 7. The molecule has 0 saturated heterocycles. The van der Waals surface area contributed by atoms with E-state index in [4.69, 9.17) is 14.9 Å². The van der Waals surface area contributed by atoms with E-state index in [0.717, 1.165) is 17.7 Å². The summed E-state index contributed by atoms with van der Waals surface area (Å²) < 4.78 is 17.6. The van der Waals surface area contributed by atoms with Gasteiger partial charge in [-0.2, -0.15) is 4.39 Å². The molecule has 0 unspecified atom stereocenters. The summed E-state index contributed by atoms with van der Waals surface area (Å²) in [5, 5.41) is 38.4. The molecule has 0 amide bonds. The van der Waals surface area contributed by atoms with Gasteiger partial charge in [-0.3, -0.25) is 20.2 Å². The van der Waals surface area contributed by atoms with Gasteiger partial charge in [0.2, 0.25) is 11.6 Å². The average Bonchev–Trinajstić information content (AvgIpc) is 2.52. The van der Waals surface area contributed by atoms with Gasteiger partial charge in [0.25, 0.3) is 0 Å². The molecule has 0 fully saturated rings. The molecule has 0 aromatic heterocycles. The minimum absolute atomic E-state index is 0.0444. The molecule has 2 rings (SSSR count). The van der Waals surface area contributed by atoms with Crippen molar-refractivity contribution in [1.82, 2.24) is 0 Å². The number of phenols is 2. The Balaban J connectivity index is 0.000000273. The smallest absolute Gasteiger partial charge is 0.311 e. The van der Waals surface area contributed by atoms with E-state index in [-0.39, 0.29) is 29.5 Å². The lowest BCUT2D eigenvalue weighted by Crippen LogP contribution is -2.00. The van der Waals surface area contributed by atoms with Gasteiger partial charge in [0, 0.05) is 24.3 Å². The maximum absolute atomic E-state index is 12.5. The lowest BCUT2D eigenvalue weighted by molar-refractivity contribution is -0.387. The van der Waals surface area contributed by atoms with Crippen LogP contribution in [0.15, 0.2) is 48.6 Å². The van der Waals surface area contributed by atoms with Crippen LogP contribution in [-0.4, -0.2) is 26.7 Å². The molecular formula is C16H15FN2O7. The topological polar surface area (TPSA) is 136 Å². The van der Waals surface area contributed by atoms with Gasteiger partial charge in [0.1, 0.15) is 18.1 Å². The predicted molar refractivity (Wildman–Crippen MR) is 89.8 cm³/mol. The fourth-order valence-electron chi connectivity index (χ4n) is 1.61. The molecule has 0 aliphatic heterocycles. The van der Waals surface area contributed by atoms with Gasteiger partial charge in [-0.15, -0.1) is 0 Å². The van der Waals surface area contributed by atoms with E-state index in [2.05, 4.69) is 6.58 Å². The van der Waals surface area contributed by atoms with Crippen molar-refractivity contribution in [3.63, 3.8) is 0 Å². The Morgan fingerprint density at radius 2 is 1.58 bits per heavy atom. The minimum atomic E-state index is -1.03. The lowest BCUT2D eigenvalue weighted by Gasteiger charge is -2.06. The lowest BCUT2D eigenvalue weighted by atomic mass is 10.3. The first-order chi connectivity index (χ1) is 12.1. The van der Waals surface area contributed by atoms with Crippen molar-refractivity contribution in [2.75, 3.05) is 6.61 Å². The number of halogens is 1. The molecule has 2 N–H and O–H groups in total. The summed E-state index contributed by atoms with van der Waals surface area (Å²) in [4.78, 5) is 19.2. The minimum Gasteiger partial charge on any atom is -0.508 e. The molecule has 2 aromatic rings. The van der Waals surface area contributed by atoms with Crippen LogP contribution in [0.1, 0.15) is 6.92 Å². The van der Waals surface area contributed by atoms with E-state index >= 15 is 0 Å². The van der Waals surface area contributed by atoms with E-state index in [1.807, 2.05) is 0 Å². The molecule has 0 spiro atoms. The number of nitrogens with zero attached hydrogens (tertiary/aromatic N) is 2. The van der Waals surface area contributed by atoms with Crippen molar-refractivity contribution in [1.29, 1.82) is 0 Å². The molecule has 138 valence electrons. The van der Waals surface area contributed by atoms with Crippen LogP contribution in [0.2, 0.25) is 0 Å². The van der Waals surface area contributed by atoms with Crippen LogP contribution in [0.5, 0.6) is 17.2 Å². The van der Waals surface area contributed by atoms with E-state index < -0.39 is 21.4 Å². The molecule has 10 heteroatoms. The molecule has 9 nitrogen and oxygen atoms in total. The summed E-state index contributed by atoms with van der Waals surface area (Å²) in [6.45, 7) is 5.54. The number of nitro benzene ring substituents is 2. The molecule has 2 aromatic carbocycles. The standard InChI is InChI=1S/C10H11NO4.C6H4FNO3/c1-7(2)6-15-10-5-8(12)3-4-9(10)11(13)14;7-5-3-4(9)1-2-6(5)8(10)11/h3-5,12H,1,6H2,2H3;1-3,9H. The second-order valence-corrected chi connectivity index (χ2v) is 5.05. The fraction of sp³-hybridized carbons (Fsp3) is 0.125. The Morgan fingerprint density at radius 1 is 1.08 bits per heavy atom. The summed E-state index contributed by atoms with van der Waals surface area (Å²) in [6, 6.07) is 6.31. The molecular weight excluding hydrogens is 351 g/mol. The van der Waals surface area contributed by atoms with Gasteiger partial charge in [-0.1, -0.05) is 6.58 Å². The fourth-order valence-corrected chi connectivity index (χ4v) is 1.61. The van der Waals surface area contributed by atoms with Gasteiger partial charge in [0.15, 0.2) is 0 Å². The second kappa shape index (κ2) is 8.97. The first-order valence-electron chi connectivity index (χ1n) is 6.99. The molecule has 0 heterocycles. The zero-order chi connectivity index (χ0) is 19.9. The van der Waals surface area contributed by atoms with Crippen LogP contribution in [0, 0.1) is 26.0 Å². The van der Waals surface area contributed by atoms with Crippen molar-refractivity contribution in [2.24, 2.45) is 0 Å². The highest BCUT2D eigenvalue weighted by Crippen LogP contribution is 2.30. The maximum atomic E-state index is 12.5.